The molecule has 1 unspecified atom stereocenters. The maximum absolute atomic E-state index is 11.6. The number of carbonyl (C=O) groups is 1. The molecule has 1 heterocycles. The molecule has 17 heavy (non-hydrogen) atoms. The first-order chi connectivity index (χ1) is 7.83. The summed E-state index contributed by atoms with van der Waals surface area (Å²) in [4.78, 5) is 15.9. The third kappa shape index (κ3) is 4.50. The molecule has 1 amide bonds. The van der Waals surface area contributed by atoms with Crippen molar-refractivity contribution in [1.29, 1.82) is 0 Å². The largest absolute Gasteiger partial charge is 0.338 e. The van der Waals surface area contributed by atoms with E-state index in [9.17, 15) is 4.79 Å². The van der Waals surface area contributed by atoms with E-state index in [0.717, 1.165) is 26.1 Å². The molecule has 0 spiro atoms. The highest BCUT2D eigenvalue weighted by Gasteiger charge is 2.27. The Balaban J connectivity index is 2.54. The molecule has 0 aromatic heterocycles. The number of nitrogens with zero attached hydrogens (tertiary/aromatic N) is 2. The van der Waals surface area contributed by atoms with Crippen molar-refractivity contribution in [2.75, 3.05) is 26.7 Å². The summed E-state index contributed by atoms with van der Waals surface area (Å²) in [5.74, 6) is 0.0348. The summed E-state index contributed by atoms with van der Waals surface area (Å²) in [6.45, 7) is 13.6. The van der Waals surface area contributed by atoms with Gasteiger partial charge in [-0.3, -0.25) is 4.79 Å². The molecular weight excluding hydrogens is 212 g/mol. The van der Waals surface area contributed by atoms with E-state index < -0.39 is 0 Å². The van der Waals surface area contributed by atoms with Gasteiger partial charge in [-0.15, -0.1) is 0 Å². The maximum atomic E-state index is 11.6. The normalized spacial score (nSPS) is 22.2. The highest BCUT2D eigenvalue weighted by atomic mass is 16.2. The molecule has 0 N–H and O–H groups in total. The van der Waals surface area contributed by atoms with Crippen molar-refractivity contribution >= 4 is 5.91 Å². The van der Waals surface area contributed by atoms with E-state index in [2.05, 4.69) is 32.3 Å². The van der Waals surface area contributed by atoms with Gasteiger partial charge in [0, 0.05) is 26.2 Å². The SMILES string of the molecule is C=CC(=O)N(C)C1CCCN(CC(C)(C)C)C1. The third-order valence-corrected chi connectivity index (χ3v) is 3.25. The van der Waals surface area contributed by atoms with Gasteiger partial charge in [0.05, 0.1) is 0 Å². The Bertz CT molecular complexity index is 280. The number of likely N-dealkylation sites (N-methyl/N-ethyl adjacent to an activating group) is 1. The summed E-state index contributed by atoms with van der Waals surface area (Å²) in [5, 5.41) is 0. The van der Waals surface area contributed by atoms with Crippen LogP contribution < -0.4 is 0 Å². The Kier molecular flexibility index (Phi) is 4.75. The fourth-order valence-corrected chi connectivity index (χ4v) is 2.49. The van der Waals surface area contributed by atoms with Gasteiger partial charge >= 0.3 is 0 Å². The van der Waals surface area contributed by atoms with Crippen LogP contribution in [0, 0.1) is 5.41 Å². The Labute approximate surface area is 105 Å². The Morgan fingerprint density at radius 2 is 2.18 bits per heavy atom. The van der Waals surface area contributed by atoms with Gasteiger partial charge in [-0.1, -0.05) is 27.4 Å². The number of likely N-dealkylation sites (tertiary alicyclic amines) is 1. The molecule has 0 aromatic rings. The van der Waals surface area contributed by atoms with E-state index >= 15 is 0 Å². The number of amides is 1. The zero-order chi connectivity index (χ0) is 13.1. The predicted octanol–water partition coefficient (Wildman–Crippen LogP) is 2.14. The number of hydrogen-bond acceptors (Lipinski definition) is 2. The van der Waals surface area contributed by atoms with Gasteiger partial charge in [0.15, 0.2) is 0 Å². The van der Waals surface area contributed by atoms with Crippen LogP contribution in [0.3, 0.4) is 0 Å². The van der Waals surface area contributed by atoms with Crippen LogP contribution in [0.4, 0.5) is 0 Å². The Hall–Kier alpha value is -0.830. The molecule has 1 atom stereocenters. The lowest BCUT2D eigenvalue weighted by molar-refractivity contribution is -0.127. The number of hydrogen-bond donors (Lipinski definition) is 0. The first-order valence-electron chi connectivity index (χ1n) is 6.45. The van der Waals surface area contributed by atoms with Crippen LogP contribution >= 0.6 is 0 Å². The molecule has 0 bridgehead atoms. The monoisotopic (exact) mass is 238 g/mol. The van der Waals surface area contributed by atoms with Crippen LogP contribution in [0.2, 0.25) is 0 Å². The second-order valence-electron chi connectivity index (χ2n) is 6.25. The van der Waals surface area contributed by atoms with E-state index in [4.69, 9.17) is 0 Å². The van der Waals surface area contributed by atoms with Gasteiger partial charge in [0.1, 0.15) is 0 Å². The highest BCUT2D eigenvalue weighted by Crippen LogP contribution is 2.21. The summed E-state index contributed by atoms with van der Waals surface area (Å²) in [7, 11) is 1.88. The van der Waals surface area contributed by atoms with Gasteiger partial charge < -0.3 is 9.80 Å². The molecule has 1 aliphatic heterocycles. The second-order valence-corrected chi connectivity index (χ2v) is 6.25. The summed E-state index contributed by atoms with van der Waals surface area (Å²) in [6, 6.07) is 0.344. The third-order valence-electron chi connectivity index (χ3n) is 3.25. The molecule has 98 valence electrons. The Morgan fingerprint density at radius 1 is 1.53 bits per heavy atom. The van der Waals surface area contributed by atoms with Crippen molar-refractivity contribution < 1.29 is 4.79 Å². The molecule has 0 saturated carbocycles. The smallest absolute Gasteiger partial charge is 0.245 e. The Morgan fingerprint density at radius 3 is 2.71 bits per heavy atom. The van der Waals surface area contributed by atoms with Gasteiger partial charge in [-0.2, -0.15) is 0 Å². The second kappa shape index (κ2) is 5.67. The number of rotatable bonds is 3. The van der Waals surface area contributed by atoms with Crippen molar-refractivity contribution in [2.24, 2.45) is 5.41 Å². The molecular formula is C14H26N2O. The van der Waals surface area contributed by atoms with Crippen molar-refractivity contribution in [2.45, 2.75) is 39.7 Å². The van der Waals surface area contributed by atoms with Crippen LogP contribution in [0.15, 0.2) is 12.7 Å². The van der Waals surface area contributed by atoms with Crippen LogP contribution in [0.1, 0.15) is 33.6 Å². The van der Waals surface area contributed by atoms with E-state index in [0.29, 0.717) is 11.5 Å². The van der Waals surface area contributed by atoms with E-state index in [-0.39, 0.29) is 5.91 Å². The van der Waals surface area contributed by atoms with E-state index in [1.165, 1.54) is 12.5 Å². The molecule has 1 aliphatic rings. The zero-order valence-electron chi connectivity index (χ0n) is 11.7. The van der Waals surface area contributed by atoms with Crippen molar-refractivity contribution in [3.8, 4) is 0 Å². The molecule has 1 rings (SSSR count). The summed E-state index contributed by atoms with van der Waals surface area (Å²) in [5.41, 5.74) is 0.322. The molecule has 1 fully saturated rings. The van der Waals surface area contributed by atoms with Crippen molar-refractivity contribution in [3.05, 3.63) is 12.7 Å². The topological polar surface area (TPSA) is 23.6 Å². The van der Waals surface area contributed by atoms with Gasteiger partial charge in [0.2, 0.25) is 5.91 Å². The van der Waals surface area contributed by atoms with Crippen molar-refractivity contribution in [1.82, 2.24) is 9.80 Å². The molecule has 1 saturated heterocycles. The van der Waals surface area contributed by atoms with Crippen LogP contribution in [0.5, 0.6) is 0 Å². The van der Waals surface area contributed by atoms with E-state index in [1.807, 2.05) is 11.9 Å². The summed E-state index contributed by atoms with van der Waals surface area (Å²) in [6.07, 6.45) is 3.69. The van der Waals surface area contributed by atoms with Gasteiger partial charge in [-0.05, 0) is 30.9 Å². The fraction of sp³-hybridized carbons (Fsp3) is 0.786. The molecule has 3 nitrogen and oxygen atoms in total. The minimum atomic E-state index is 0.0348. The molecule has 0 aliphatic carbocycles. The van der Waals surface area contributed by atoms with Crippen molar-refractivity contribution in [3.63, 3.8) is 0 Å². The molecule has 0 aromatic carbocycles. The lowest BCUT2D eigenvalue weighted by Crippen LogP contribution is -2.49. The fourth-order valence-electron chi connectivity index (χ4n) is 2.49. The number of piperidine rings is 1. The minimum Gasteiger partial charge on any atom is -0.338 e. The maximum Gasteiger partial charge on any atom is 0.245 e. The predicted molar refractivity (Wildman–Crippen MR) is 71.9 cm³/mol. The first kappa shape index (κ1) is 14.2. The summed E-state index contributed by atoms with van der Waals surface area (Å²) >= 11 is 0. The lowest BCUT2D eigenvalue weighted by atomic mass is 9.94. The average Bonchev–Trinajstić information content (AvgIpc) is 2.25. The number of carbonyl (C=O) groups excluding carboxylic acids is 1. The highest BCUT2D eigenvalue weighted by molar-refractivity contribution is 5.87. The van der Waals surface area contributed by atoms with Crippen LogP contribution in [-0.4, -0.2) is 48.4 Å². The molecule has 0 radical (unpaired) electrons. The van der Waals surface area contributed by atoms with Crippen LogP contribution in [0.25, 0.3) is 0 Å². The van der Waals surface area contributed by atoms with E-state index in [1.54, 1.807) is 0 Å². The van der Waals surface area contributed by atoms with Gasteiger partial charge in [-0.25, -0.2) is 0 Å². The minimum absolute atomic E-state index is 0.0348. The quantitative estimate of drug-likeness (QED) is 0.703. The molecule has 3 heteroatoms. The average molecular weight is 238 g/mol. The first-order valence-corrected chi connectivity index (χ1v) is 6.45. The summed E-state index contributed by atoms with van der Waals surface area (Å²) < 4.78 is 0. The van der Waals surface area contributed by atoms with Gasteiger partial charge in [0.25, 0.3) is 0 Å². The van der Waals surface area contributed by atoms with Crippen LogP contribution in [-0.2, 0) is 4.79 Å². The zero-order valence-corrected chi connectivity index (χ0v) is 11.7. The standard InChI is InChI=1S/C14H26N2O/c1-6-13(17)15(5)12-8-7-9-16(10-12)11-14(2,3)4/h6,12H,1,7-11H2,2-5H3. The lowest BCUT2D eigenvalue weighted by Gasteiger charge is -2.39.